The SMILES string of the molecule is CC(C)c1ccc(C2C[C@@H](N)c3cc(Cl)ccc3O2)cc1. The van der Waals surface area contributed by atoms with E-state index < -0.39 is 0 Å². The zero-order valence-corrected chi connectivity index (χ0v) is 13.1. The molecule has 3 rings (SSSR count). The zero-order chi connectivity index (χ0) is 15.0. The van der Waals surface area contributed by atoms with Gasteiger partial charge in [-0.25, -0.2) is 0 Å². The lowest BCUT2D eigenvalue weighted by atomic mass is 9.92. The summed E-state index contributed by atoms with van der Waals surface area (Å²) in [7, 11) is 0. The molecule has 0 aliphatic carbocycles. The van der Waals surface area contributed by atoms with Gasteiger partial charge in [-0.05, 0) is 35.2 Å². The molecule has 3 heteroatoms. The molecule has 0 amide bonds. The van der Waals surface area contributed by atoms with Crippen LogP contribution < -0.4 is 10.5 Å². The molecular weight excluding hydrogens is 282 g/mol. The normalized spacial score (nSPS) is 21.0. The van der Waals surface area contributed by atoms with Crippen molar-refractivity contribution in [2.45, 2.75) is 38.3 Å². The zero-order valence-electron chi connectivity index (χ0n) is 12.3. The first-order valence-corrected chi connectivity index (χ1v) is 7.74. The van der Waals surface area contributed by atoms with Gasteiger partial charge in [0.05, 0.1) is 0 Å². The van der Waals surface area contributed by atoms with Crippen molar-refractivity contribution in [1.29, 1.82) is 0 Å². The van der Waals surface area contributed by atoms with Crippen molar-refractivity contribution < 1.29 is 4.74 Å². The minimum atomic E-state index is -0.0396. The quantitative estimate of drug-likeness (QED) is 0.848. The van der Waals surface area contributed by atoms with Gasteiger partial charge < -0.3 is 10.5 Å². The molecule has 2 atom stereocenters. The number of rotatable bonds is 2. The van der Waals surface area contributed by atoms with Crippen LogP contribution in [0.15, 0.2) is 42.5 Å². The standard InChI is InChI=1S/C18H20ClNO/c1-11(2)12-3-5-13(6-4-12)18-10-16(20)15-9-14(19)7-8-17(15)21-18/h3-9,11,16,18H,10,20H2,1-2H3/t16-,18?/m1/s1. The van der Waals surface area contributed by atoms with E-state index in [4.69, 9.17) is 22.1 Å². The molecule has 1 heterocycles. The van der Waals surface area contributed by atoms with Crippen LogP contribution in [0.4, 0.5) is 0 Å². The summed E-state index contributed by atoms with van der Waals surface area (Å²) in [5.74, 6) is 1.38. The molecule has 21 heavy (non-hydrogen) atoms. The van der Waals surface area contributed by atoms with Crippen LogP contribution in [0.3, 0.4) is 0 Å². The second-order valence-electron chi connectivity index (χ2n) is 5.95. The molecule has 2 aromatic rings. The number of hydrogen-bond donors (Lipinski definition) is 1. The van der Waals surface area contributed by atoms with Crippen LogP contribution in [0.5, 0.6) is 5.75 Å². The molecule has 0 aromatic heterocycles. The first-order valence-electron chi connectivity index (χ1n) is 7.36. The predicted molar refractivity (Wildman–Crippen MR) is 86.9 cm³/mol. The summed E-state index contributed by atoms with van der Waals surface area (Å²) in [6, 6.07) is 14.3. The number of benzene rings is 2. The van der Waals surface area contributed by atoms with E-state index in [2.05, 4.69) is 38.1 Å². The van der Waals surface area contributed by atoms with E-state index in [1.54, 1.807) is 0 Å². The third-order valence-corrected chi connectivity index (χ3v) is 4.32. The van der Waals surface area contributed by atoms with Crippen molar-refractivity contribution in [3.8, 4) is 5.75 Å². The Balaban J connectivity index is 1.86. The van der Waals surface area contributed by atoms with Crippen molar-refractivity contribution in [3.63, 3.8) is 0 Å². The Labute approximate surface area is 130 Å². The van der Waals surface area contributed by atoms with Gasteiger partial charge in [-0.2, -0.15) is 0 Å². The second-order valence-corrected chi connectivity index (χ2v) is 6.39. The van der Waals surface area contributed by atoms with Gasteiger partial charge in [0, 0.05) is 23.0 Å². The molecule has 0 saturated heterocycles. The van der Waals surface area contributed by atoms with Crippen LogP contribution >= 0.6 is 11.6 Å². The molecule has 0 radical (unpaired) electrons. The van der Waals surface area contributed by atoms with Crippen molar-refractivity contribution in [2.75, 3.05) is 0 Å². The van der Waals surface area contributed by atoms with Gasteiger partial charge in [0.2, 0.25) is 0 Å². The number of fused-ring (bicyclic) bond motifs is 1. The molecule has 110 valence electrons. The molecule has 0 spiro atoms. The Morgan fingerprint density at radius 3 is 2.52 bits per heavy atom. The van der Waals surface area contributed by atoms with Gasteiger partial charge in [0.1, 0.15) is 11.9 Å². The van der Waals surface area contributed by atoms with Gasteiger partial charge in [0.15, 0.2) is 0 Å². The van der Waals surface area contributed by atoms with Crippen LogP contribution in [0.1, 0.15) is 55.0 Å². The molecule has 2 N–H and O–H groups in total. The Morgan fingerprint density at radius 2 is 1.86 bits per heavy atom. The van der Waals surface area contributed by atoms with Crippen LogP contribution in [0, 0.1) is 0 Å². The lowest BCUT2D eigenvalue weighted by Gasteiger charge is -2.30. The molecule has 1 unspecified atom stereocenters. The van der Waals surface area contributed by atoms with E-state index in [9.17, 15) is 0 Å². The molecule has 2 nitrogen and oxygen atoms in total. The maximum atomic E-state index is 6.28. The largest absolute Gasteiger partial charge is 0.485 e. The topological polar surface area (TPSA) is 35.2 Å². The summed E-state index contributed by atoms with van der Waals surface area (Å²) in [5, 5.41) is 0.701. The maximum Gasteiger partial charge on any atom is 0.126 e. The number of halogens is 1. The smallest absolute Gasteiger partial charge is 0.126 e. The molecule has 1 aliphatic heterocycles. The van der Waals surface area contributed by atoms with Crippen LogP contribution in [-0.4, -0.2) is 0 Å². The fourth-order valence-electron chi connectivity index (χ4n) is 2.78. The molecule has 0 saturated carbocycles. The highest BCUT2D eigenvalue weighted by Gasteiger charge is 2.27. The van der Waals surface area contributed by atoms with Crippen molar-refractivity contribution in [2.24, 2.45) is 5.73 Å². The summed E-state index contributed by atoms with van der Waals surface area (Å²) in [4.78, 5) is 0. The van der Waals surface area contributed by atoms with Crippen LogP contribution in [-0.2, 0) is 0 Å². The lowest BCUT2D eigenvalue weighted by molar-refractivity contribution is 0.161. The Kier molecular flexibility index (Phi) is 3.92. The summed E-state index contributed by atoms with van der Waals surface area (Å²) < 4.78 is 6.11. The minimum absolute atomic E-state index is 0.00916. The average Bonchev–Trinajstić information content (AvgIpc) is 2.48. The Morgan fingerprint density at radius 1 is 1.14 bits per heavy atom. The highest BCUT2D eigenvalue weighted by molar-refractivity contribution is 6.30. The predicted octanol–water partition coefficient (Wildman–Crippen LogP) is 4.99. The van der Waals surface area contributed by atoms with E-state index in [-0.39, 0.29) is 12.1 Å². The summed E-state index contributed by atoms with van der Waals surface area (Å²) in [6.07, 6.45) is 0.781. The lowest BCUT2D eigenvalue weighted by Crippen LogP contribution is -2.24. The monoisotopic (exact) mass is 301 g/mol. The van der Waals surface area contributed by atoms with E-state index in [1.807, 2.05) is 18.2 Å². The summed E-state index contributed by atoms with van der Waals surface area (Å²) in [6.45, 7) is 4.39. The summed E-state index contributed by atoms with van der Waals surface area (Å²) >= 11 is 6.03. The fourth-order valence-corrected chi connectivity index (χ4v) is 2.96. The Hall–Kier alpha value is -1.51. The van der Waals surface area contributed by atoms with Crippen LogP contribution in [0.2, 0.25) is 5.02 Å². The number of hydrogen-bond acceptors (Lipinski definition) is 2. The molecule has 0 fully saturated rings. The fraction of sp³-hybridized carbons (Fsp3) is 0.333. The highest BCUT2D eigenvalue weighted by Crippen LogP contribution is 2.40. The van der Waals surface area contributed by atoms with Gasteiger partial charge in [-0.1, -0.05) is 49.7 Å². The van der Waals surface area contributed by atoms with Gasteiger partial charge in [-0.3, -0.25) is 0 Å². The van der Waals surface area contributed by atoms with Crippen molar-refractivity contribution in [3.05, 3.63) is 64.2 Å². The molecular formula is C18H20ClNO. The molecule has 0 bridgehead atoms. The number of nitrogens with two attached hydrogens (primary N) is 1. The third kappa shape index (κ3) is 2.92. The second kappa shape index (κ2) is 5.70. The van der Waals surface area contributed by atoms with E-state index in [1.165, 1.54) is 11.1 Å². The van der Waals surface area contributed by atoms with E-state index in [0.29, 0.717) is 10.9 Å². The number of ether oxygens (including phenoxy) is 1. The van der Waals surface area contributed by atoms with Crippen LogP contribution in [0.25, 0.3) is 0 Å². The first-order chi connectivity index (χ1) is 10.0. The van der Waals surface area contributed by atoms with E-state index in [0.717, 1.165) is 17.7 Å². The van der Waals surface area contributed by atoms with E-state index >= 15 is 0 Å². The van der Waals surface area contributed by atoms with Gasteiger partial charge in [0.25, 0.3) is 0 Å². The molecule has 1 aliphatic rings. The molecule has 2 aromatic carbocycles. The van der Waals surface area contributed by atoms with Crippen molar-refractivity contribution >= 4 is 11.6 Å². The van der Waals surface area contributed by atoms with Crippen molar-refractivity contribution in [1.82, 2.24) is 0 Å². The minimum Gasteiger partial charge on any atom is -0.485 e. The maximum absolute atomic E-state index is 6.28. The Bertz CT molecular complexity index is 636. The highest BCUT2D eigenvalue weighted by atomic mass is 35.5. The van der Waals surface area contributed by atoms with Gasteiger partial charge in [-0.15, -0.1) is 0 Å². The average molecular weight is 302 g/mol. The van der Waals surface area contributed by atoms with Gasteiger partial charge >= 0.3 is 0 Å². The first kappa shape index (κ1) is 14.4. The summed E-state index contributed by atoms with van der Waals surface area (Å²) in [5.41, 5.74) is 9.80. The third-order valence-electron chi connectivity index (χ3n) is 4.08.